The van der Waals surface area contributed by atoms with Gasteiger partial charge in [-0.15, -0.1) is 11.3 Å². The van der Waals surface area contributed by atoms with Crippen LogP contribution in [0.15, 0.2) is 72.2 Å². The van der Waals surface area contributed by atoms with Crippen LogP contribution in [0, 0.1) is 5.92 Å². The molecule has 1 aliphatic heterocycles. The molecule has 0 aliphatic carbocycles. The fourth-order valence-electron chi connectivity index (χ4n) is 5.59. The van der Waals surface area contributed by atoms with E-state index in [2.05, 4.69) is 4.57 Å². The number of aromatic nitrogens is 2. The van der Waals surface area contributed by atoms with E-state index in [4.69, 9.17) is 14.2 Å². The normalized spacial score (nSPS) is 15.3. The van der Waals surface area contributed by atoms with Gasteiger partial charge in [0, 0.05) is 48.7 Å². The van der Waals surface area contributed by atoms with E-state index in [0.717, 1.165) is 39.0 Å². The van der Waals surface area contributed by atoms with Crippen molar-refractivity contribution in [2.24, 2.45) is 13.0 Å². The zero-order valence-corrected chi connectivity index (χ0v) is 25.9. The quantitative estimate of drug-likeness (QED) is 0.168. The van der Waals surface area contributed by atoms with Gasteiger partial charge in [-0.3, -0.25) is 4.79 Å². The number of thiophene rings is 1. The number of nitrogens with zero attached hydrogens (tertiary/aromatic N) is 3. The summed E-state index contributed by atoms with van der Waals surface area (Å²) in [7, 11) is 1.94. The van der Waals surface area contributed by atoms with Crippen molar-refractivity contribution in [1.29, 1.82) is 0 Å². The van der Waals surface area contributed by atoms with E-state index in [1.54, 1.807) is 16.2 Å². The predicted octanol–water partition coefficient (Wildman–Crippen LogP) is 7.14. The summed E-state index contributed by atoms with van der Waals surface area (Å²) in [4.78, 5) is 27.7. The van der Waals surface area contributed by atoms with Crippen LogP contribution < -0.4 is 9.47 Å². The van der Waals surface area contributed by atoms with Crippen LogP contribution in [-0.2, 0) is 18.3 Å². The van der Waals surface area contributed by atoms with Crippen molar-refractivity contribution in [1.82, 2.24) is 14.0 Å². The number of rotatable bonds is 9. The van der Waals surface area contributed by atoms with Gasteiger partial charge in [0.15, 0.2) is 0 Å². The maximum absolute atomic E-state index is 13.6. The van der Waals surface area contributed by atoms with Gasteiger partial charge in [-0.1, -0.05) is 18.2 Å². The molecule has 9 heteroatoms. The lowest BCUT2D eigenvalue weighted by molar-refractivity contribution is 0.0284. The summed E-state index contributed by atoms with van der Waals surface area (Å²) in [6, 6.07) is 19.7. The molecular formula is C34H37N3O5S. The predicted molar refractivity (Wildman–Crippen MR) is 170 cm³/mol. The molecular weight excluding hydrogens is 562 g/mol. The van der Waals surface area contributed by atoms with Crippen molar-refractivity contribution in [2.75, 3.05) is 26.3 Å². The van der Waals surface area contributed by atoms with Gasteiger partial charge in [0.25, 0.3) is 0 Å². The Kier molecular flexibility index (Phi) is 7.92. The number of hydrogen-bond acceptors (Lipinski definition) is 6. The molecule has 3 aromatic heterocycles. The Morgan fingerprint density at radius 2 is 1.72 bits per heavy atom. The number of amides is 1. The van der Waals surface area contributed by atoms with Crippen molar-refractivity contribution >= 4 is 44.3 Å². The maximum Gasteiger partial charge on any atom is 0.410 e. The minimum atomic E-state index is -0.493. The number of aryl methyl sites for hydroxylation is 1. The van der Waals surface area contributed by atoms with Gasteiger partial charge in [0.1, 0.15) is 23.7 Å². The molecule has 5 aromatic rings. The number of para-hydroxylation sites is 1. The lowest BCUT2D eigenvalue weighted by Crippen LogP contribution is -2.35. The Labute approximate surface area is 255 Å². The zero-order chi connectivity index (χ0) is 30.1. The molecule has 0 N–H and O–H groups in total. The Hall–Kier alpha value is -4.24. The van der Waals surface area contributed by atoms with Crippen molar-refractivity contribution in [3.63, 3.8) is 0 Å². The summed E-state index contributed by atoms with van der Waals surface area (Å²) in [6.45, 7) is 8.56. The molecule has 2 aromatic carbocycles. The van der Waals surface area contributed by atoms with E-state index in [1.165, 1.54) is 0 Å². The number of carbonyl (C=O) groups is 2. The van der Waals surface area contributed by atoms with Crippen LogP contribution >= 0.6 is 11.3 Å². The monoisotopic (exact) mass is 599 g/mol. The standard InChI is InChI=1S/C34H37N3O5S/c1-34(2,3)42-33(39)37-15-13-23(20-37)22-41-25-11-9-24(10-12-25)40-17-16-36-21-27(26-7-5-6-8-28(26)36)32(38)30-19-31-29(35(30)4)14-18-43-31/h5-12,14,18-19,21,23H,13,15-17,20,22H2,1-4H3/t23-/m1/s1. The highest BCUT2D eigenvalue weighted by Gasteiger charge is 2.30. The average molecular weight is 600 g/mol. The molecule has 1 amide bonds. The molecule has 1 aliphatic rings. The molecule has 0 unspecified atom stereocenters. The van der Waals surface area contributed by atoms with Gasteiger partial charge in [0.05, 0.1) is 29.1 Å². The van der Waals surface area contributed by atoms with Crippen molar-refractivity contribution in [3.05, 3.63) is 83.5 Å². The summed E-state index contributed by atoms with van der Waals surface area (Å²) in [5.41, 5.74) is 2.97. The largest absolute Gasteiger partial charge is 0.493 e. The SMILES string of the molecule is Cn1c(C(=O)c2cn(CCOc3ccc(OC[C@@H]4CCN(C(=O)OC(C)(C)C)C4)cc3)c3ccccc23)cc2sccc21. The number of likely N-dealkylation sites (tertiary alicyclic amines) is 1. The van der Waals surface area contributed by atoms with Gasteiger partial charge in [-0.2, -0.15) is 0 Å². The first-order valence-corrected chi connectivity index (χ1v) is 15.5. The highest BCUT2D eigenvalue weighted by Crippen LogP contribution is 2.29. The molecule has 4 heterocycles. The zero-order valence-electron chi connectivity index (χ0n) is 25.0. The number of carbonyl (C=O) groups excluding carboxylic acids is 2. The molecule has 224 valence electrons. The molecule has 0 bridgehead atoms. The Morgan fingerprint density at radius 3 is 2.47 bits per heavy atom. The van der Waals surface area contributed by atoms with E-state index in [0.29, 0.717) is 44.1 Å². The Balaban J connectivity index is 1.03. The first kappa shape index (κ1) is 28.9. The highest BCUT2D eigenvalue weighted by atomic mass is 32.1. The highest BCUT2D eigenvalue weighted by molar-refractivity contribution is 7.17. The topological polar surface area (TPSA) is 74.9 Å². The second-order valence-corrected chi connectivity index (χ2v) is 13.0. The minimum absolute atomic E-state index is 0.0208. The van der Waals surface area contributed by atoms with Crippen LogP contribution in [0.25, 0.3) is 21.1 Å². The van der Waals surface area contributed by atoms with Crippen LogP contribution in [0.2, 0.25) is 0 Å². The summed E-state index contributed by atoms with van der Waals surface area (Å²) in [6.07, 6.45) is 2.58. The third-order valence-corrected chi connectivity index (χ3v) is 8.63. The second-order valence-electron chi connectivity index (χ2n) is 12.1. The molecule has 1 fully saturated rings. The number of ketones is 1. The summed E-state index contributed by atoms with van der Waals surface area (Å²) >= 11 is 1.64. The first-order valence-electron chi connectivity index (χ1n) is 14.7. The number of hydrogen-bond donors (Lipinski definition) is 0. The van der Waals surface area contributed by atoms with Crippen LogP contribution in [0.4, 0.5) is 4.79 Å². The van der Waals surface area contributed by atoms with E-state index < -0.39 is 5.60 Å². The molecule has 1 atom stereocenters. The fourth-order valence-corrected chi connectivity index (χ4v) is 6.44. The maximum atomic E-state index is 13.6. The van der Waals surface area contributed by atoms with E-state index in [-0.39, 0.29) is 17.8 Å². The van der Waals surface area contributed by atoms with Crippen LogP contribution in [-0.4, -0.2) is 57.8 Å². The van der Waals surface area contributed by atoms with Crippen molar-refractivity contribution in [2.45, 2.75) is 39.3 Å². The third kappa shape index (κ3) is 6.27. The summed E-state index contributed by atoms with van der Waals surface area (Å²) in [5, 5.41) is 2.99. The third-order valence-electron chi connectivity index (χ3n) is 7.78. The fraction of sp³-hybridized carbons (Fsp3) is 0.353. The molecule has 0 saturated carbocycles. The molecule has 6 rings (SSSR count). The molecule has 8 nitrogen and oxygen atoms in total. The minimum Gasteiger partial charge on any atom is -0.493 e. The van der Waals surface area contributed by atoms with Crippen molar-refractivity contribution < 1.29 is 23.8 Å². The molecule has 0 spiro atoms. The van der Waals surface area contributed by atoms with Gasteiger partial charge in [0.2, 0.25) is 5.78 Å². The van der Waals surface area contributed by atoms with Crippen molar-refractivity contribution in [3.8, 4) is 11.5 Å². The Bertz CT molecular complexity index is 1760. The molecule has 0 radical (unpaired) electrons. The number of fused-ring (bicyclic) bond motifs is 2. The van der Waals surface area contributed by atoms with Crippen LogP contribution in [0.5, 0.6) is 11.5 Å². The van der Waals surface area contributed by atoms with Gasteiger partial charge >= 0.3 is 6.09 Å². The lowest BCUT2D eigenvalue weighted by atomic mass is 10.1. The first-order chi connectivity index (χ1) is 20.7. The summed E-state index contributed by atoms with van der Waals surface area (Å²) < 4.78 is 22.7. The van der Waals surface area contributed by atoms with E-state index in [9.17, 15) is 9.59 Å². The average Bonchev–Trinajstić information content (AvgIpc) is 3.77. The van der Waals surface area contributed by atoms with Gasteiger partial charge < -0.3 is 28.2 Å². The number of benzene rings is 2. The summed E-state index contributed by atoms with van der Waals surface area (Å²) in [5.74, 6) is 1.81. The second kappa shape index (κ2) is 11.8. The van der Waals surface area contributed by atoms with Crippen LogP contribution in [0.1, 0.15) is 43.2 Å². The van der Waals surface area contributed by atoms with Gasteiger partial charge in [-0.25, -0.2) is 4.79 Å². The molecule has 1 saturated heterocycles. The van der Waals surface area contributed by atoms with Gasteiger partial charge in [-0.05, 0) is 75.0 Å². The smallest absolute Gasteiger partial charge is 0.410 e. The van der Waals surface area contributed by atoms with Crippen LogP contribution in [0.3, 0.4) is 0 Å². The Morgan fingerprint density at radius 1 is 0.977 bits per heavy atom. The van der Waals surface area contributed by atoms with E-state index in [1.807, 2.05) is 105 Å². The van der Waals surface area contributed by atoms with E-state index >= 15 is 0 Å². The number of ether oxygens (including phenoxy) is 3. The molecule has 43 heavy (non-hydrogen) atoms. The lowest BCUT2D eigenvalue weighted by Gasteiger charge is -2.24.